The minimum Gasteiger partial charge on any atom is -0.462 e. The molecule has 1 unspecified atom stereocenters. The molecule has 1 atom stereocenters. The fourth-order valence-electron chi connectivity index (χ4n) is 4.77. The number of hydrogen-bond donors (Lipinski definition) is 1. The maximum absolute atomic E-state index is 11.6. The molecular formula is C37H54O5. The standard InChI is InChI=1S/C33H48O4.C4H6O/c1-5-6-7-13-32-21-20-30(23-26(32)2)19-18-29-16-14-28(15-17-29)10-8-11-31(25-36-4)12-9-22-37-33(35)27(3)24-34;1-4(2)3-5/h14-17,20-21,23,31,34H,3,5-13,18-19,22,24-25H2,1-2,4H3;3H,1H2,2H3. The third kappa shape index (κ3) is 16.4. The predicted octanol–water partition coefficient (Wildman–Crippen LogP) is 7.73. The first kappa shape index (κ1) is 37.0. The van der Waals surface area contributed by atoms with Crippen LogP contribution in [0.1, 0.15) is 86.6 Å². The highest BCUT2D eigenvalue weighted by atomic mass is 16.5. The smallest absolute Gasteiger partial charge is 0.335 e. The van der Waals surface area contributed by atoms with Crippen LogP contribution in [0.3, 0.4) is 0 Å². The molecule has 42 heavy (non-hydrogen) atoms. The molecule has 0 saturated carbocycles. The van der Waals surface area contributed by atoms with Gasteiger partial charge < -0.3 is 14.6 Å². The van der Waals surface area contributed by atoms with Crippen molar-refractivity contribution in [2.24, 2.45) is 5.92 Å². The van der Waals surface area contributed by atoms with Crippen molar-refractivity contribution >= 4 is 12.3 Å². The average molecular weight is 579 g/mol. The molecule has 0 aliphatic carbocycles. The fraction of sp³-hybridized carbons (Fsp3) is 0.514. The Morgan fingerprint density at radius 3 is 2.07 bits per heavy atom. The van der Waals surface area contributed by atoms with Crippen LogP contribution in [0, 0.1) is 12.8 Å². The monoisotopic (exact) mass is 578 g/mol. The summed E-state index contributed by atoms with van der Waals surface area (Å²) in [6, 6.07) is 16.1. The van der Waals surface area contributed by atoms with Gasteiger partial charge in [0.2, 0.25) is 0 Å². The van der Waals surface area contributed by atoms with E-state index >= 15 is 0 Å². The molecule has 2 aromatic carbocycles. The van der Waals surface area contributed by atoms with E-state index in [1.807, 2.05) is 0 Å². The molecule has 0 aliphatic heterocycles. The summed E-state index contributed by atoms with van der Waals surface area (Å²) in [6.45, 7) is 13.7. The number of aryl methyl sites for hydroxylation is 5. The largest absolute Gasteiger partial charge is 0.462 e. The van der Waals surface area contributed by atoms with Crippen molar-refractivity contribution in [3.05, 3.63) is 94.6 Å². The quantitative estimate of drug-likeness (QED) is 0.0753. The van der Waals surface area contributed by atoms with Crippen molar-refractivity contribution in [1.29, 1.82) is 0 Å². The number of unbranched alkanes of at least 4 members (excludes halogenated alkanes) is 2. The summed E-state index contributed by atoms with van der Waals surface area (Å²) in [6.07, 6.45) is 12.9. The molecule has 0 fully saturated rings. The number of esters is 1. The lowest BCUT2D eigenvalue weighted by atomic mass is 9.95. The first-order valence-electron chi connectivity index (χ1n) is 15.5. The maximum atomic E-state index is 11.6. The molecule has 232 valence electrons. The SMILES string of the molecule is C=C(C)C=O.C=C(CO)C(=O)OCCCC(CCCc1ccc(CCc2ccc(CCCCC)c(C)c2)cc1)COC. The van der Waals surface area contributed by atoms with E-state index in [1.165, 1.54) is 53.5 Å². The van der Waals surface area contributed by atoms with Gasteiger partial charge in [-0.15, -0.1) is 0 Å². The van der Waals surface area contributed by atoms with Gasteiger partial charge in [0.05, 0.1) is 18.8 Å². The van der Waals surface area contributed by atoms with Gasteiger partial charge in [0.25, 0.3) is 0 Å². The van der Waals surface area contributed by atoms with Crippen LogP contribution in [0.4, 0.5) is 0 Å². The van der Waals surface area contributed by atoms with Gasteiger partial charge in [-0.1, -0.05) is 75.4 Å². The molecule has 0 spiro atoms. The van der Waals surface area contributed by atoms with Gasteiger partial charge in [-0.05, 0) is 111 Å². The van der Waals surface area contributed by atoms with Crippen LogP contribution in [-0.2, 0) is 44.7 Å². The highest BCUT2D eigenvalue weighted by Crippen LogP contribution is 2.19. The summed E-state index contributed by atoms with van der Waals surface area (Å²) in [5, 5.41) is 8.93. The topological polar surface area (TPSA) is 72.8 Å². The van der Waals surface area contributed by atoms with Crippen LogP contribution in [0.15, 0.2) is 66.8 Å². The number of aliphatic hydroxyl groups excluding tert-OH is 1. The van der Waals surface area contributed by atoms with Crippen LogP contribution in [0.5, 0.6) is 0 Å². The zero-order valence-electron chi connectivity index (χ0n) is 26.6. The molecule has 1 N–H and O–H groups in total. The lowest BCUT2D eigenvalue weighted by molar-refractivity contribution is -0.139. The first-order valence-corrected chi connectivity index (χ1v) is 15.5. The summed E-state index contributed by atoms with van der Waals surface area (Å²) >= 11 is 0. The molecule has 0 saturated heterocycles. The van der Waals surface area contributed by atoms with E-state index in [0.717, 1.165) is 57.8 Å². The Hall–Kier alpha value is -3.02. The molecule has 0 bridgehead atoms. The summed E-state index contributed by atoms with van der Waals surface area (Å²) in [5.74, 6) is -0.0643. The fourth-order valence-corrected chi connectivity index (χ4v) is 4.77. The van der Waals surface area contributed by atoms with E-state index in [-0.39, 0.29) is 12.2 Å². The third-order valence-electron chi connectivity index (χ3n) is 7.33. The number of aldehydes is 1. The van der Waals surface area contributed by atoms with E-state index in [4.69, 9.17) is 14.6 Å². The van der Waals surface area contributed by atoms with Crippen molar-refractivity contribution < 1.29 is 24.2 Å². The van der Waals surface area contributed by atoms with Gasteiger partial charge in [-0.3, -0.25) is 4.79 Å². The van der Waals surface area contributed by atoms with Crippen molar-refractivity contribution in [3.63, 3.8) is 0 Å². The molecule has 2 aromatic rings. The van der Waals surface area contributed by atoms with Crippen LogP contribution >= 0.6 is 0 Å². The van der Waals surface area contributed by atoms with Crippen molar-refractivity contribution in [2.75, 3.05) is 26.9 Å². The number of rotatable bonds is 20. The number of allylic oxidation sites excluding steroid dienone is 1. The Morgan fingerprint density at radius 1 is 0.905 bits per heavy atom. The second-order valence-electron chi connectivity index (χ2n) is 11.3. The van der Waals surface area contributed by atoms with Crippen LogP contribution in [0.25, 0.3) is 0 Å². The molecular weight excluding hydrogens is 524 g/mol. The van der Waals surface area contributed by atoms with Crippen molar-refractivity contribution in [3.8, 4) is 0 Å². The summed E-state index contributed by atoms with van der Waals surface area (Å²) < 4.78 is 10.5. The average Bonchev–Trinajstić information content (AvgIpc) is 2.99. The van der Waals surface area contributed by atoms with Crippen molar-refractivity contribution in [2.45, 2.75) is 91.4 Å². The minimum atomic E-state index is -0.514. The highest BCUT2D eigenvalue weighted by molar-refractivity contribution is 5.87. The maximum Gasteiger partial charge on any atom is 0.335 e. The Kier molecular flexibility index (Phi) is 19.9. The van der Waals surface area contributed by atoms with E-state index in [1.54, 1.807) is 14.0 Å². The molecule has 0 radical (unpaired) electrons. The van der Waals surface area contributed by atoms with Gasteiger partial charge in [0.1, 0.15) is 6.29 Å². The van der Waals surface area contributed by atoms with Gasteiger partial charge >= 0.3 is 5.97 Å². The van der Waals surface area contributed by atoms with E-state index in [9.17, 15) is 9.59 Å². The number of benzene rings is 2. The van der Waals surface area contributed by atoms with Crippen molar-refractivity contribution in [1.82, 2.24) is 0 Å². The zero-order chi connectivity index (χ0) is 31.2. The number of carbonyl (C=O) groups is 2. The number of aliphatic hydroxyl groups is 1. The highest BCUT2D eigenvalue weighted by Gasteiger charge is 2.11. The number of carbonyl (C=O) groups excluding carboxylic acids is 2. The molecule has 2 rings (SSSR count). The van der Waals surface area contributed by atoms with Crippen LogP contribution in [0.2, 0.25) is 0 Å². The summed E-state index contributed by atoms with van der Waals surface area (Å²) in [4.78, 5) is 21.0. The molecule has 0 amide bonds. The second kappa shape index (κ2) is 22.6. The van der Waals surface area contributed by atoms with Crippen LogP contribution < -0.4 is 0 Å². The molecule has 5 heteroatoms. The van der Waals surface area contributed by atoms with Gasteiger partial charge in [-0.25, -0.2) is 4.79 Å². The Balaban J connectivity index is 0.00000162. The van der Waals surface area contributed by atoms with Gasteiger partial charge in [-0.2, -0.15) is 0 Å². The molecule has 0 aliphatic rings. The van der Waals surface area contributed by atoms with E-state index < -0.39 is 5.97 Å². The van der Waals surface area contributed by atoms with Crippen LogP contribution in [-0.4, -0.2) is 44.3 Å². The summed E-state index contributed by atoms with van der Waals surface area (Å²) in [7, 11) is 1.74. The number of methoxy groups -OCH3 is 1. The number of hydrogen-bond acceptors (Lipinski definition) is 5. The predicted molar refractivity (Wildman–Crippen MR) is 174 cm³/mol. The molecule has 0 aromatic heterocycles. The Bertz CT molecular complexity index is 1070. The number of ether oxygens (including phenoxy) is 2. The summed E-state index contributed by atoms with van der Waals surface area (Å²) in [5.41, 5.74) is 7.81. The lowest BCUT2D eigenvalue weighted by Crippen LogP contribution is -2.13. The first-order chi connectivity index (χ1) is 20.2. The molecule has 5 nitrogen and oxygen atoms in total. The van der Waals surface area contributed by atoms with Gasteiger partial charge in [0, 0.05) is 13.7 Å². The Labute approximate surface area is 255 Å². The third-order valence-corrected chi connectivity index (χ3v) is 7.33. The van der Waals surface area contributed by atoms with Gasteiger partial charge in [0.15, 0.2) is 0 Å². The minimum absolute atomic E-state index is 0.0985. The van der Waals surface area contributed by atoms with E-state index in [2.05, 4.69) is 69.5 Å². The lowest BCUT2D eigenvalue weighted by Gasteiger charge is -2.16. The molecule has 0 heterocycles. The van der Waals surface area contributed by atoms with E-state index in [0.29, 0.717) is 18.1 Å². The zero-order valence-corrected chi connectivity index (χ0v) is 26.6. The second-order valence-corrected chi connectivity index (χ2v) is 11.3. The normalized spacial score (nSPS) is 11.3. The Morgan fingerprint density at radius 2 is 1.50 bits per heavy atom.